The summed E-state index contributed by atoms with van der Waals surface area (Å²) < 4.78 is 41.3. The van der Waals surface area contributed by atoms with Crippen LogP contribution in [-0.4, -0.2) is 54.0 Å². The fraction of sp³-hybridized carbons (Fsp3) is 0.480. The van der Waals surface area contributed by atoms with E-state index in [0.29, 0.717) is 37.3 Å². The summed E-state index contributed by atoms with van der Waals surface area (Å²) in [6.07, 6.45) is 0. The van der Waals surface area contributed by atoms with Gasteiger partial charge < -0.3 is 14.9 Å². The average Bonchev–Trinajstić information content (AvgIpc) is 3.12. The van der Waals surface area contributed by atoms with E-state index in [1.54, 1.807) is 17.0 Å². The molecule has 2 aliphatic heterocycles. The summed E-state index contributed by atoms with van der Waals surface area (Å²) in [6, 6.07) is 9.39. The lowest BCUT2D eigenvalue weighted by molar-refractivity contribution is -0.152. The van der Waals surface area contributed by atoms with Crippen molar-refractivity contribution >= 4 is 5.91 Å². The van der Waals surface area contributed by atoms with Gasteiger partial charge in [0.2, 0.25) is 5.91 Å². The number of piperidine rings is 1. The second kappa shape index (κ2) is 8.52. The Bertz CT molecular complexity index is 985. The first kappa shape index (κ1) is 22.8. The molecule has 2 aliphatic rings. The number of benzene rings is 2. The van der Waals surface area contributed by atoms with E-state index < -0.39 is 23.2 Å². The van der Waals surface area contributed by atoms with E-state index >= 15 is 0 Å². The number of likely N-dealkylation sites (tertiary alicyclic amines) is 2. The molecule has 172 valence electrons. The summed E-state index contributed by atoms with van der Waals surface area (Å²) >= 11 is 0. The zero-order chi connectivity index (χ0) is 23.2. The lowest BCUT2D eigenvalue weighted by atomic mass is 9.70. The summed E-state index contributed by atoms with van der Waals surface area (Å²) in [5.41, 5.74) is -0.188. The maximum absolute atomic E-state index is 14.5. The second-order valence-electron chi connectivity index (χ2n) is 9.48. The van der Waals surface area contributed by atoms with Gasteiger partial charge in [-0.3, -0.25) is 4.79 Å². The minimum absolute atomic E-state index is 0.0806. The van der Waals surface area contributed by atoms with Gasteiger partial charge in [0, 0.05) is 50.0 Å². The van der Waals surface area contributed by atoms with Crippen molar-refractivity contribution in [1.29, 1.82) is 0 Å². The molecule has 2 saturated heterocycles. The highest BCUT2D eigenvalue weighted by Crippen LogP contribution is 2.43. The smallest absolute Gasteiger partial charge is 0.227 e. The van der Waals surface area contributed by atoms with Crippen molar-refractivity contribution in [3.05, 3.63) is 71.0 Å². The third-order valence-electron chi connectivity index (χ3n) is 7.29. The summed E-state index contributed by atoms with van der Waals surface area (Å²) in [4.78, 5) is 17.3. The van der Waals surface area contributed by atoms with E-state index in [1.165, 1.54) is 24.3 Å². The quantitative estimate of drug-likeness (QED) is 0.781. The minimum atomic E-state index is -1.18. The molecule has 0 radical (unpaired) electrons. The highest BCUT2D eigenvalue weighted by molar-refractivity contribution is 5.81. The molecular formula is C25H29F3N2O2. The van der Waals surface area contributed by atoms with E-state index in [9.17, 15) is 23.1 Å². The number of hydrogen-bond acceptors (Lipinski definition) is 3. The fourth-order valence-electron chi connectivity index (χ4n) is 5.57. The molecule has 2 aromatic carbocycles. The van der Waals surface area contributed by atoms with Crippen molar-refractivity contribution in [2.24, 2.45) is 17.8 Å². The molecule has 0 aliphatic carbocycles. The van der Waals surface area contributed by atoms with Crippen LogP contribution in [0.4, 0.5) is 13.2 Å². The number of carbonyl (C=O) groups is 1. The molecule has 4 nitrogen and oxygen atoms in total. The van der Waals surface area contributed by atoms with Crippen molar-refractivity contribution in [3.8, 4) is 0 Å². The zero-order valence-corrected chi connectivity index (χ0v) is 18.6. The summed E-state index contributed by atoms with van der Waals surface area (Å²) in [7, 11) is 1.89. The maximum Gasteiger partial charge on any atom is 0.227 e. The molecule has 0 aromatic heterocycles. The van der Waals surface area contributed by atoms with Gasteiger partial charge in [-0.2, -0.15) is 0 Å². The van der Waals surface area contributed by atoms with Crippen LogP contribution in [0.1, 0.15) is 30.9 Å². The van der Waals surface area contributed by atoms with Gasteiger partial charge in [0.25, 0.3) is 0 Å². The largest absolute Gasteiger partial charge is 0.384 e. The van der Waals surface area contributed by atoms with E-state index in [-0.39, 0.29) is 29.5 Å². The lowest BCUT2D eigenvalue weighted by Crippen LogP contribution is -2.57. The predicted molar refractivity (Wildman–Crippen MR) is 115 cm³/mol. The van der Waals surface area contributed by atoms with Crippen LogP contribution >= 0.6 is 0 Å². The number of carbonyl (C=O) groups excluding carboxylic acids is 1. The first-order valence-electron chi connectivity index (χ1n) is 11.0. The topological polar surface area (TPSA) is 43.8 Å². The van der Waals surface area contributed by atoms with E-state index in [0.717, 1.165) is 6.07 Å². The molecule has 0 spiro atoms. The maximum atomic E-state index is 14.5. The predicted octanol–water partition coefficient (Wildman–Crippen LogP) is 3.75. The Morgan fingerprint density at radius 2 is 1.53 bits per heavy atom. The van der Waals surface area contributed by atoms with Crippen LogP contribution in [0.5, 0.6) is 0 Å². The van der Waals surface area contributed by atoms with Crippen LogP contribution in [0.15, 0.2) is 42.5 Å². The number of amides is 1. The standard InChI is InChI=1S/C25H29F3N2O2/c1-15-11-30(12-16(2)25(15,32)17-4-6-18(26)7-5-17)24(31)22-14-29(3)13-21(22)20-9-8-19(27)10-23(20)28/h4-10,15-16,21-22,32H,11-14H2,1-3H3/t15?,16?,21-,22+,25?/m0/s1. The molecule has 1 N–H and O–H groups in total. The Morgan fingerprint density at radius 1 is 0.938 bits per heavy atom. The number of aliphatic hydroxyl groups is 1. The number of rotatable bonds is 3. The highest BCUT2D eigenvalue weighted by Gasteiger charge is 2.49. The molecule has 2 unspecified atom stereocenters. The molecule has 4 atom stereocenters. The van der Waals surface area contributed by atoms with Crippen LogP contribution in [-0.2, 0) is 10.4 Å². The molecule has 2 heterocycles. The number of likely N-dealkylation sites (N-methyl/N-ethyl adjacent to an activating group) is 1. The SMILES string of the molecule is CC1CN(C(=O)[C@@H]2CN(C)C[C@H]2c2ccc(F)cc2F)CC(C)C1(O)c1ccc(F)cc1. The first-order chi connectivity index (χ1) is 15.1. The molecule has 2 aromatic rings. The number of halogens is 3. The summed E-state index contributed by atoms with van der Waals surface area (Å²) in [5, 5.41) is 11.5. The highest BCUT2D eigenvalue weighted by atomic mass is 19.1. The molecule has 0 bridgehead atoms. The third kappa shape index (κ3) is 3.92. The molecule has 0 saturated carbocycles. The van der Waals surface area contributed by atoms with Crippen LogP contribution in [0.25, 0.3) is 0 Å². The Kier molecular flexibility index (Phi) is 6.07. The number of hydrogen-bond donors (Lipinski definition) is 1. The Morgan fingerprint density at radius 3 is 2.12 bits per heavy atom. The molecule has 32 heavy (non-hydrogen) atoms. The van der Waals surface area contributed by atoms with Gasteiger partial charge in [-0.15, -0.1) is 0 Å². The second-order valence-corrected chi connectivity index (χ2v) is 9.48. The van der Waals surface area contributed by atoms with E-state index in [4.69, 9.17) is 0 Å². The van der Waals surface area contributed by atoms with E-state index in [1.807, 2.05) is 25.8 Å². The third-order valence-corrected chi connectivity index (χ3v) is 7.29. The minimum Gasteiger partial charge on any atom is -0.384 e. The lowest BCUT2D eigenvalue weighted by Gasteiger charge is -2.48. The van der Waals surface area contributed by atoms with Gasteiger partial charge in [0.1, 0.15) is 17.5 Å². The summed E-state index contributed by atoms with van der Waals surface area (Å²) in [6.45, 7) is 5.46. The van der Waals surface area contributed by atoms with Crippen LogP contribution in [0.2, 0.25) is 0 Å². The van der Waals surface area contributed by atoms with Gasteiger partial charge in [0.05, 0.1) is 11.5 Å². The van der Waals surface area contributed by atoms with Gasteiger partial charge in [-0.25, -0.2) is 13.2 Å². The van der Waals surface area contributed by atoms with Gasteiger partial charge in [-0.05, 0) is 36.4 Å². The van der Waals surface area contributed by atoms with Crippen LogP contribution in [0, 0.1) is 35.2 Å². The van der Waals surface area contributed by atoms with Gasteiger partial charge in [-0.1, -0.05) is 32.0 Å². The first-order valence-corrected chi connectivity index (χ1v) is 11.0. The van der Waals surface area contributed by atoms with Gasteiger partial charge >= 0.3 is 0 Å². The zero-order valence-electron chi connectivity index (χ0n) is 18.6. The van der Waals surface area contributed by atoms with Crippen molar-refractivity contribution in [1.82, 2.24) is 9.80 Å². The van der Waals surface area contributed by atoms with E-state index in [2.05, 4.69) is 0 Å². The molecular weight excluding hydrogens is 417 g/mol. The van der Waals surface area contributed by atoms with Crippen molar-refractivity contribution in [2.75, 3.05) is 33.2 Å². The Labute approximate surface area is 186 Å². The molecule has 1 amide bonds. The van der Waals surface area contributed by atoms with Crippen molar-refractivity contribution < 1.29 is 23.1 Å². The van der Waals surface area contributed by atoms with Crippen molar-refractivity contribution in [2.45, 2.75) is 25.4 Å². The van der Waals surface area contributed by atoms with Gasteiger partial charge in [0.15, 0.2) is 0 Å². The molecule has 2 fully saturated rings. The monoisotopic (exact) mass is 446 g/mol. The van der Waals surface area contributed by atoms with Crippen LogP contribution in [0.3, 0.4) is 0 Å². The van der Waals surface area contributed by atoms with Crippen molar-refractivity contribution in [3.63, 3.8) is 0 Å². The Balaban J connectivity index is 1.56. The normalized spacial score (nSPS) is 31.2. The average molecular weight is 447 g/mol. The molecule has 7 heteroatoms. The Hall–Kier alpha value is -2.38. The number of nitrogens with zero attached hydrogens (tertiary/aromatic N) is 2. The molecule has 4 rings (SSSR count). The summed E-state index contributed by atoms with van der Waals surface area (Å²) in [5.74, 6) is -3.08. The van der Waals surface area contributed by atoms with Crippen LogP contribution < -0.4 is 0 Å². The fourth-order valence-corrected chi connectivity index (χ4v) is 5.57.